The highest BCUT2D eigenvalue weighted by atomic mass is 16.2. The van der Waals surface area contributed by atoms with Crippen molar-refractivity contribution in [2.45, 2.75) is 32.6 Å². The molecule has 5 nitrogen and oxygen atoms in total. The third-order valence-electron chi connectivity index (χ3n) is 4.08. The van der Waals surface area contributed by atoms with Crippen LogP contribution >= 0.6 is 0 Å². The number of nitrogens with one attached hydrogen (secondary N) is 2. The summed E-state index contributed by atoms with van der Waals surface area (Å²) in [4.78, 5) is 26.6. The zero-order valence-electron chi connectivity index (χ0n) is 13.6. The molecule has 1 fully saturated rings. The zero-order chi connectivity index (χ0) is 16.2. The smallest absolute Gasteiger partial charge is 0.240 e. The van der Waals surface area contributed by atoms with Crippen LogP contribution in [0.5, 0.6) is 0 Å². The van der Waals surface area contributed by atoms with Gasteiger partial charge in [-0.25, -0.2) is 0 Å². The Balaban J connectivity index is 1.95. The molecule has 1 saturated carbocycles. The minimum atomic E-state index is -0.853. The van der Waals surface area contributed by atoms with Gasteiger partial charge >= 0.3 is 0 Å². The highest BCUT2D eigenvalue weighted by Gasteiger charge is 2.56. The van der Waals surface area contributed by atoms with Crippen LogP contribution < -0.4 is 15.5 Å². The second-order valence-corrected chi connectivity index (χ2v) is 6.09. The topological polar surface area (TPSA) is 61.4 Å². The summed E-state index contributed by atoms with van der Waals surface area (Å²) in [5.41, 5.74) is 0.938. The number of hydrogen-bond donors (Lipinski definition) is 2. The van der Waals surface area contributed by atoms with Crippen molar-refractivity contribution < 1.29 is 9.59 Å². The fourth-order valence-electron chi connectivity index (χ4n) is 2.32. The molecule has 1 aromatic carbocycles. The fraction of sp³-hybridized carbons (Fsp3) is 0.529. The molecule has 1 aliphatic carbocycles. The minimum absolute atomic E-state index is 0.136. The van der Waals surface area contributed by atoms with Crippen molar-refractivity contribution >= 4 is 23.2 Å². The molecule has 0 atom stereocenters. The average molecular weight is 303 g/mol. The van der Waals surface area contributed by atoms with E-state index in [1.165, 1.54) is 0 Å². The molecule has 5 heteroatoms. The molecule has 120 valence electrons. The molecule has 0 aliphatic heterocycles. The van der Waals surface area contributed by atoms with Crippen LogP contribution in [0.4, 0.5) is 11.4 Å². The summed E-state index contributed by atoms with van der Waals surface area (Å²) in [5.74, 6) is -0.331. The molecule has 0 bridgehead atoms. The van der Waals surface area contributed by atoms with Gasteiger partial charge in [0.2, 0.25) is 11.8 Å². The second kappa shape index (κ2) is 6.81. The van der Waals surface area contributed by atoms with Crippen molar-refractivity contribution in [3.8, 4) is 0 Å². The number of carbonyl (C=O) groups is 2. The van der Waals surface area contributed by atoms with E-state index in [1.54, 1.807) is 0 Å². The lowest BCUT2D eigenvalue weighted by Crippen LogP contribution is -2.40. The third kappa shape index (κ3) is 3.59. The van der Waals surface area contributed by atoms with E-state index in [1.807, 2.05) is 43.3 Å². The van der Waals surface area contributed by atoms with Crippen LogP contribution in [0.15, 0.2) is 24.3 Å². The maximum absolute atomic E-state index is 12.4. The van der Waals surface area contributed by atoms with Crippen LogP contribution in [0, 0.1) is 5.41 Å². The van der Waals surface area contributed by atoms with Crippen molar-refractivity contribution in [1.29, 1.82) is 0 Å². The molecule has 0 aromatic heterocycles. The molecule has 0 heterocycles. The van der Waals surface area contributed by atoms with E-state index in [9.17, 15) is 9.59 Å². The lowest BCUT2D eigenvalue weighted by molar-refractivity contribution is -0.134. The van der Waals surface area contributed by atoms with Gasteiger partial charge in [-0.05, 0) is 43.5 Å². The predicted octanol–water partition coefficient (Wildman–Crippen LogP) is 2.39. The Bertz CT molecular complexity index is 533. The number of anilines is 2. The number of unbranched alkanes of at least 4 members (excludes halogenated alkanes) is 1. The standard InChI is InChI=1S/C17H25N3O2/c1-4-5-12-18-15(21)17(10-11-17)16(22)19-13-6-8-14(9-7-13)20(2)3/h6-9H,4-5,10-12H2,1-3H3,(H,18,21)(H,19,22). The van der Waals surface area contributed by atoms with Gasteiger partial charge in [0.25, 0.3) is 0 Å². The number of benzene rings is 1. The first-order valence-corrected chi connectivity index (χ1v) is 7.87. The Morgan fingerprint density at radius 1 is 1.14 bits per heavy atom. The van der Waals surface area contributed by atoms with Crippen LogP contribution in [-0.4, -0.2) is 32.5 Å². The number of nitrogens with zero attached hydrogens (tertiary/aromatic N) is 1. The Morgan fingerprint density at radius 3 is 2.27 bits per heavy atom. The molecule has 2 rings (SSSR count). The number of rotatable bonds is 7. The zero-order valence-corrected chi connectivity index (χ0v) is 13.6. The first-order chi connectivity index (χ1) is 10.5. The molecular formula is C17H25N3O2. The van der Waals surface area contributed by atoms with Crippen molar-refractivity contribution in [2.75, 3.05) is 30.9 Å². The number of hydrogen-bond acceptors (Lipinski definition) is 3. The fourth-order valence-corrected chi connectivity index (χ4v) is 2.32. The van der Waals surface area contributed by atoms with Crippen molar-refractivity contribution in [3.05, 3.63) is 24.3 Å². The van der Waals surface area contributed by atoms with Crippen molar-refractivity contribution in [3.63, 3.8) is 0 Å². The summed E-state index contributed by atoms with van der Waals surface area (Å²) in [5, 5.41) is 5.73. The van der Waals surface area contributed by atoms with Gasteiger partial charge in [0.05, 0.1) is 0 Å². The van der Waals surface area contributed by atoms with Crippen LogP contribution in [-0.2, 0) is 9.59 Å². The van der Waals surface area contributed by atoms with Gasteiger partial charge in [-0.3, -0.25) is 9.59 Å². The largest absolute Gasteiger partial charge is 0.378 e. The lowest BCUT2D eigenvalue weighted by atomic mass is 10.0. The van der Waals surface area contributed by atoms with E-state index < -0.39 is 5.41 Å². The van der Waals surface area contributed by atoms with Gasteiger partial charge in [-0.15, -0.1) is 0 Å². The quantitative estimate of drug-likeness (QED) is 0.600. The Kier molecular flexibility index (Phi) is 5.06. The van der Waals surface area contributed by atoms with E-state index in [0.29, 0.717) is 19.4 Å². The predicted molar refractivity (Wildman–Crippen MR) is 89.0 cm³/mol. The van der Waals surface area contributed by atoms with Crippen molar-refractivity contribution in [2.24, 2.45) is 5.41 Å². The maximum Gasteiger partial charge on any atom is 0.240 e. The SMILES string of the molecule is CCCCNC(=O)C1(C(=O)Nc2ccc(N(C)C)cc2)CC1. The van der Waals surface area contributed by atoms with E-state index in [0.717, 1.165) is 24.2 Å². The van der Waals surface area contributed by atoms with Crippen LogP contribution in [0.2, 0.25) is 0 Å². The summed E-state index contributed by atoms with van der Waals surface area (Å²) in [7, 11) is 3.93. The van der Waals surface area contributed by atoms with Gasteiger partial charge in [-0.2, -0.15) is 0 Å². The first-order valence-electron chi connectivity index (χ1n) is 7.87. The van der Waals surface area contributed by atoms with Gasteiger partial charge < -0.3 is 15.5 Å². The third-order valence-corrected chi connectivity index (χ3v) is 4.08. The van der Waals surface area contributed by atoms with Crippen molar-refractivity contribution in [1.82, 2.24) is 5.32 Å². The highest BCUT2D eigenvalue weighted by Crippen LogP contribution is 2.46. The summed E-state index contributed by atoms with van der Waals surface area (Å²) in [6.07, 6.45) is 3.23. The molecule has 2 N–H and O–H groups in total. The van der Waals surface area contributed by atoms with E-state index in [2.05, 4.69) is 17.6 Å². The molecule has 22 heavy (non-hydrogen) atoms. The molecule has 0 spiro atoms. The van der Waals surface area contributed by atoms with Crippen LogP contribution in [0.1, 0.15) is 32.6 Å². The summed E-state index contributed by atoms with van der Waals surface area (Å²) in [6.45, 7) is 2.71. The summed E-state index contributed by atoms with van der Waals surface area (Å²) >= 11 is 0. The Labute approximate surface area is 132 Å². The molecular weight excluding hydrogens is 278 g/mol. The van der Waals surface area contributed by atoms with Crippen LogP contribution in [0.3, 0.4) is 0 Å². The maximum atomic E-state index is 12.4. The average Bonchev–Trinajstić information content (AvgIpc) is 3.29. The second-order valence-electron chi connectivity index (χ2n) is 6.09. The van der Waals surface area contributed by atoms with Gasteiger partial charge in [0.15, 0.2) is 0 Å². The number of amides is 2. The van der Waals surface area contributed by atoms with E-state index >= 15 is 0 Å². The first kappa shape index (κ1) is 16.3. The number of carbonyl (C=O) groups excluding carboxylic acids is 2. The van der Waals surface area contributed by atoms with Crippen LogP contribution in [0.25, 0.3) is 0 Å². The highest BCUT2D eigenvalue weighted by molar-refractivity contribution is 6.13. The molecule has 1 aromatic rings. The lowest BCUT2D eigenvalue weighted by Gasteiger charge is -2.16. The summed E-state index contributed by atoms with van der Waals surface area (Å²) in [6, 6.07) is 7.60. The Morgan fingerprint density at radius 2 is 1.77 bits per heavy atom. The normalized spacial score (nSPS) is 15.0. The van der Waals surface area contributed by atoms with Gasteiger partial charge in [0, 0.05) is 32.0 Å². The molecule has 0 saturated heterocycles. The molecule has 0 radical (unpaired) electrons. The van der Waals surface area contributed by atoms with E-state index in [-0.39, 0.29) is 11.8 Å². The monoisotopic (exact) mass is 303 g/mol. The van der Waals surface area contributed by atoms with E-state index in [4.69, 9.17) is 0 Å². The molecule has 1 aliphatic rings. The Hall–Kier alpha value is -2.04. The molecule has 0 unspecified atom stereocenters. The van der Waals surface area contributed by atoms with Gasteiger partial charge in [0.1, 0.15) is 5.41 Å². The minimum Gasteiger partial charge on any atom is -0.378 e. The summed E-state index contributed by atoms with van der Waals surface area (Å²) < 4.78 is 0. The molecule has 2 amide bonds. The van der Waals surface area contributed by atoms with Gasteiger partial charge in [-0.1, -0.05) is 13.3 Å².